The number of carbonyl (C=O) groups excluding carboxylic acids is 2. The van der Waals surface area contributed by atoms with Crippen LogP contribution in [-0.4, -0.2) is 38.5 Å². The summed E-state index contributed by atoms with van der Waals surface area (Å²) in [6.45, 7) is -0.575. The number of allylic oxidation sites excluding steroid dienone is 1. The molecule has 0 atom stereocenters. The first kappa shape index (κ1) is 21.3. The summed E-state index contributed by atoms with van der Waals surface area (Å²) >= 11 is 0. The molecule has 160 valence electrons. The molecule has 0 aliphatic carbocycles. The number of rotatable bonds is 5. The van der Waals surface area contributed by atoms with Crippen molar-refractivity contribution in [3.05, 3.63) is 58.6 Å². The fourth-order valence-electron chi connectivity index (χ4n) is 2.92. The Morgan fingerprint density at radius 2 is 1.80 bits per heavy atom. The maximum Gasteiger partial charge on any atom is 0.451 e. The first-order valence-electron chi connectivity index (χ1n) is 8.42. The summed E-state index contributed by atoms with van der Waals surface area (Å²) in [4.78, 5) is 24.4. The number of halogens is 6. The van der Waals surface area contributed by atoms with E-state index in [0.717, 1.165) is 15.5 Å². The number of carbonyl (C=O) groups is 2. The van der Waals surface area contributed by atoms with Crippen molar-refractivity contribution in [1.29, 1.82) is 0 Å². The quantitative estimate of drug-likeness (QED) is 0.338. The average Bonchev–Trinajstić information content (AvgIpc) is 3.09. The second-order valence-corrected chi connectivity index (χ2v) is 6.32. The number of nitrogens with zero attached hydrogens (tertiary/aromatic N) is 4. The fourth-order valence-corrected chi connectivity index (χ4v) is 2.92. The zero-order valence-corrected chi connectivity index (χ0v) is 15.0. The fraction of sp³-hybridized carbons (Fsp3) is 0.294. The standard InChI is InChI=1S/C17H13F6N5O2/c18-11-6-13(20)12(19)4-9(11)3-10(24-8-29)5-15(30)27-1-2-28-14(7-27)25-26-16(28)17(21,22)23/h4-6,8H,1-3,7H2,(H,24,29)/b10-5-. The molecule has 2 amide bonds. The molecule has 3 rings (SSSR count). The Morgan fingerprint density at radius 3 is 2.47 bits per heavy atom. The second kappa shape index (κ2) is 8.16. The maximum absolute atomic E-state index is 13.8. The summed E-state index contributed by atoms with van der Waals surface area (Å²) in [6, 6.07) is 0.929. The number of aromatic nitrogens is 3. The summed E-state index contributed by atoms with van der Waals surface area (Å²) in [5.41, 5.74) is -0.432. The summed E-state index contributed by atoms with van der Waals surface area (Å²) in [7, 11) is 0. The average molecular weight is 433 g/mol. The van der Waals surface area contributed by atoms with Crippen LogP contribution in [0.1, 0.15) is 17.2 Å². The Labute approximate surface area is 165 Å². The van der Waals surface area contributed by atoms with Crippen molar-refractivity contribution in [1.82, 2.24) is 25.0 Å². The Morgan fingerprint density at radius 1 is 1.10 bits per heavy atom. The molecule has 0 saturated heterocycles. The number of hydrogen-bond acceptors (Lipinski definition) is 4. The van der Waals surface area contributed by atoms with E-state index in [1.807, 2.05) is 0 Å². The number of fused-ring (bicyclic) bond motifs is 1. The van der Waals surface area contributed by atoms with Crippen molar-refractivity contribution in [3.63, 3.8) is 0 Å². The van der Waals surface area contributed by atoms with E-state index in [1.54, 1.807) is 0 Å². The van der Waals surface area contributed by atoms with Gasteiger partial charge >= 0.3 is 6.18 Å². The lowest BCUT2D eigenvalue weighted by Gasteiger charge is -2.27. The topological polar surface area (TPSA) is 80.1 Å². The van der Waals surface area contributed by atoms with Crippen molar-refractivity contribution >= 4 is 12.3 Å². The van der Waals surface area contributed by atoms with Crippen LogP contribution in [0, 0.1) is 17.5 Å². The van der Waals surface area contributed by atoms with Gasteiger partial charge < -0.3 is 14.8 Å². The Kier molecular flexibility index (Phi) is 5.80. The van der Waals surface area contributed by atoms with E-state index in [4.69, 9.17) is 0 Å². The van der Waals surface area contributed by atoms with Crippen LogP contribution in [0.4, 0.5) is 26.3 Å². The molecule has 1 aromatic heterocycles. The second-order valence-electron chi connectivity index (χ2n) is 6.32. The predicted molar refractivity (Wildman–Crippen MR) is 87.7 cm³/mol. The van der Waals surface area contributed by atoms with E-state index in [9.17, 15) is 35.9 Å². The van der Waals surface area contributed by atoms with Crippen molar-refractivity contribution in [3.8, 4) is 0 Å². The molecular formula is C17H13F6N5O2. The van der Waals surface area contributed by atoms with Gasteiger partial charge in [0.2, 0.25) is 18.1 Å². The first-order valence-corrected chi connectivity index (χ1v) is 8.42. The molecule has 13 heteroatoms. The normalized spacial score (nSPS) is 14.5. The molecule has 30 heavy (non-hydrogen) atoms. The van der Waals surface area contributed by atoms with E-state index < -0.39 is 41.8 Å². The highest BCUT2D eigenvalue weighted by Gasteiger charge is 2.39. The molecule has 0 bridgehead atoms. The highest BCUT2D eigenvalue weighted by molar-refractivity contribution is 5.88. The van der Waals surface area contributed by atoms with Crippen LogP contribution in [0.3, 0.4) is 0 Å². The molecular weight excluding hydrogens is 420 g/mol. The monoisotopic (exact) mass is 433 g/mol. The van der Waals surface area contributed by atoms with Crippen molar-refractivity contribution < 1.29 is 35.9 Å². The SMILES string of the molecule is O=CN/C(=C\C(=O)N1CCn2c(nnc2C(F)(F)F)C1)Cc1cc(F)c(F)cc1F. The Bertz CT molecular complexity index is 1020. The Hall–Kier alpha value is -3.38. The van der Waals surface area contributed by atoms with Crippen LogP contribution in [-0.2, 0) is 35.3 Å². The maximum atomic E-state index is 13.8. The highest BCUT2D eigenvalue weighted by Crippen LogP contribution is 2.29. The molecule has 0 radical (unpaired) electrons. The van der Waals surface area contributed by atoms with Crippen LogP contribution in [0.15, 0.2) is 23.9 Å². The van der Waals surface area contributed by atoms with Gasteiger partial charge in [-0.15, -0.1) is 10.2 Å². The van der Waals surface area contributed by atoms with Gasteiger partial charge in [0.25, 0.3) is 0 Å². The van der Waals surface area contributed by atoms with Gasteiger partial charge in [0.15, 0.2) is 17.5 Å². The van der Waals surface area contributed by atoms with E-state index in [1.165, 1.54) is 0 Å². The third kappa shape index (κ3) is 4.44. The lowest BCUT2D eigenvalue weighted by molar-refractivity contribution is -0.148. The minimum Gasteiger partial charge on any atom is -0.332 e. The number of alkyl halides is 3. The van der Waals surface area contributed by atoms with Gasteiger partial charge in [-0.1, -0.05) is 0 Å². The van der Waals surface area contributed by atoms with E-state index in [2.05, 4.69) is 15.5 Å². The Balaban J connectivity index is 1.78. The number of hydrogen-bond donors (Lipinski definition) is 1. The van der Waals surface area contributed by atoms with Gasteiger partial charge in [-0.25, -0.2) is 13.2 Å². The predicted octanol–water partition coefficient (Wildman–Crippen LogP) is 1.93. The molecule has 1 N–H and O–H groups in total. The molecule has 7 nitrogen and oxygen atoms in total. The summed E-state index contributed by atoms with van der Waals surface area (Å²) in [5.74, 6) is -5.73. The molecule has 1 aliphatic rings. The van der Waals surface area contributed by atoms with E-state index in [-0.39, 0.29) is 43.1 Å². The molecule has 0 saturated carbocycles. The lowest BCUT2D eigenvalue weighted by atomic mass is 10.1. The van der Waals surface area contributed by atoms with Crippen LogP contribution < -0.4 is 5.32 Å². The third-order valence-electron chi connectivity index (χ3n) is 4.33. The number of benzene rings is 1. The summed E-state index contributed by atoms with van der Waals surface area (Å²) in [6.07, 6.45) is -3.99. The molecule has 2 heterocycles. The first-order chi connectivity index (χ1) is 14.1. The van der Waals surface area contributed by atoms with Crippen molar-refractivity contribution in [2.45, 2.75) is 25.7 Å². The number of nitrogens with one attached hydrogen (secondary N) is 1. The number of amides is 2. The van der Waals surface area contributed by atoms with Gasteiger partial charge in [0, 0.05) is 37.3 Å². The summed E-state index contributed by atoms with van der Waals surface area (Å²) in [5, 5.41) is 8.72. The summed E-state index contributed by atoms with van der Waals surface area (Å²) < 4.78 is 79.7. The van der Waals surface area contributed by atoms with Gasteiger partial charge in [-0.3, -0.25) is 9.59 Å². The van der Waals surface area contributed by atoms with Crippen molar-refractivity contribution in [2.24, 2.45) is 0 Å². The molecule has 2 aromatic rings. The van der Waals surface area contributed by atoms with Gasteiger partial charge in [-0.2, -0.15) is 13.2 Å². The molecule has 0 unspecified atom stereocenters. The van der Waals surface area contributed by atoms with Gasteiger partial charge in [0.05, 0.1) is 6.54 Å². The molecule has 1 aliphatic heterocycles. The minimum absolute atomic E-state index is 0.0770. The lowest BCUT2D eigenvalue weighted by Crippen LogP contribution is -2.39. The van der Waals surface area contributed by atoms with Gasteiger partial charge in [0.1, 0.15) is 5.82 Å². The molecule has 0 fully saturated rings. The third-order valence-corrected chi connectivity index (χ3v) is 4.33. The van der Waals surface area contributed by atoms with E-state index >= 15 is 0 Å². The van der Waals surface area contributed by atoms with Crippen LogP contribution in [0.2, 0.25) is 0 Å². The smallest absolute Gasteiger partial charge is 0.332 e. The zero-order valence-electron chi connectivity index (χ0n) is 15.0. The van der Waals surface area contributed by atoms with Crippen LogP contribution in [0.25, 0.3) is 0 Å². The van der Waals surface area contributed by atoms with Crippen LogP contribution in [0.5, 0.6) is 0 Å². The minimum atomic E-state index is -4.69. The van der Waals surface area contributed by atoms with Crippen molar-refractivity contribution in [2.75, 3.05) is 6.54 Å². The van der Waals surface area contributed by atoms with Gasteiger partial charge in [-0.05, 0) is 11.6 Å². The molecule has 1 aromatic carbocycles. The van der Waals surface area contributed by atoms with Crippen LogP contribution >= 0.6 is 0 Å². The zero-order chi connectivity index (χ0) is 22.1. The van der Waals surface area contributed by atoms with E-state index in [0.29, 0.717) is 12.1 Å². The molecule has 0 spiro atoms. The highest BCUT2D eigenvalue weighted by atomic mass is 19.4. The largest absolute Gasteiger partial charge is 0.451 e.